The van der Waals surface area contributed by atoms with Gasteiger partial charge in [0.15, 0.2) is 0 Å². The first-order valence-electron chi connectivity index (χ1n) is 9.93. The van der Waals surface area contributed by atoms with Crippen LogP contribution < -0.4 is 0 Å². The third kappa shape index (κ3) is 3.39. The number of non-ortho nitro benzene ring substituents is 1. The molecule has 0 saturated carbocycles. The lowest BCUT2D eigenvalue weighted by Crippen LogP contribution is -2.41. The van der Waals surface area contributed by atoms with Crippen molar-refractivity contribution in [3.05, 3.63) is 50.6 Å². The third-order valence-electron chi connectivity index (χ3n) is 5.32. The van der Waals surface area contributed by atoms with E-state index < -0.39 is 39.9 Å². The van der Waals surface area contributed by atoms with Gasteiger partial charge in [0, 0.05) is 24.0 Å². The number of nitrogens with zero attached hydrogens (tertiary/aromatic N) is 1. The molecule has 30 heavy (non-hydrogen) atoms. The summed E-state index contributed by atoms with van der Waals surface area (Å²) in [6, 6.07) is 4.54. The average molecular weight is 415 g/mol. The van der Waals surface area contributed by atoms with Gasteiger partial charge in [0.1, 0.15) is 11.2 Å². The number of carbonyl (C=O) groups is 2. The van der Waals surface area contributed by atoms with E-state index in [2.05, 4.69) is 0 Å². The Morgan fingerprint density at radius 1 is 0.900 bits per heavy atom. The van der Waals surface area contributed by atoms with E-state index in [0.717, 1.165) is 5.56 Å². The summed E-state index contributed by atoms with van der Waals surface area (Å²) < 4.78 is 17.1. The molecule has 8 nitrogen and oxygen atoms in total. The number of carbonyl (C=O) groups excluding carboxylic acids is 2. The highest BCUT2D eigenvalue weighted by Gasteiger charge is 2.64. The maximum absolute atomic E-state index is 13.2. The SMILES string of the molecule is CC(C)(C)OC(=O)C1=C(C(=O)OC(C)(C)C)[C@H]2c3ccc([N+](=O)[O-])cc3[C@@H]1[C@H]1O[C@H]12. The molecule has 1 aliphatic heterocycles. The first kappa shape index (κ1) is 20.5. The Bertz CT molecular complexity index is 996. The Morgan fingerprint density at radius 3 is 1.80 bits per heavy atom. The van der Waals surface area contributed by atoms with Gasteiger partial charge in [-0.1, -0.05) is 6.07 Å². The van der Waals surface area contributed by atoms with Crippen LogP contribution in [0.3, 0.4) is 0 Å². The highest BCUT2D eigenvalue weighted by molar-refractivity contribution is 6.05. The molecule has 0 unspecified atom stereocenters. The maximum atomic E-state index is 13.2. The van der Waals surface area contributed by atoms with Crippen molar-refractivity contribution in [1.82, 2.24) is 0 Å². The minimum Gasteiger partial charge on any atom is -0.457 e. The van der Waals surface area contributed by atoms with Gasteiger partial charge in [0.25, 0.3) is 5.69 Å². The van der Waals surface area contributed by atoms with Gasteiger partial charge in [-0.15, -0.1) is 0 Å². The average Bonchev–Trinajstić information content (AvgIpc) is 3.38. The van der Waals surface area contributed by atoms with Crippen molar-refractivity contribution in [1.29, 1.82) is 0 Å². The zero-order valence-corrected chi connectivity index (χ0v) is 17.8. The molecule has 4 atom stereocenters. The van der Waals surface area contributed by atoms with Crippen LogP contribution in [0.1, 0.15) is 64.5 Å². The first-order valence-corrected chi connectivity index (χ1v) is 9.93. The van der Waals surface area contributed by atoms with Crippen molar-refractivity contribution in [3.63, 3.8) is 0 Å². The van der Waals surface area contributed by atoms with Gasteiger partial charge in [-0.2, -0.15) is 0 Å². The Balaban J connectivity index is 1.88. The molecule has 1 saturated heterocycles. The zero-order chi connectivity index (χ0) is 22.2. The van der Waals surface area contributed by atoms with E-state index in [4.69, 9.17) is 14.2 Å². The molecule has 160 valence electrons. The summed E-state index contributed by atoms with van der Waals surface area (Å²) in [5.74, 6) is -2.33. The van der Waals surface area contributed by atoms with Crippen LogP contribution in [-0.2, 0) is 23.8 Å². The van der Waals surface area contributed by atoms with Gasteiger partial charge in [-0.3, -0.25) is 10.1 Å². The molecular formula is C22H25NO7. The lowest BCUT2D eigenvalue weighted by atomic mass is 9.63. The summed E-state index contributed by atoms with van der Waals surface area (Å²) in [5.41, 5.74) is 0.247. The molecule has 4 aliphatic rings. The largest absolute Gasteiger partial charge is 0.457 e. The molecular weight excluding hydrogens is 390 g/mol. The molecule has 1 aromatic rings. The lowest BCUT2D eigenvalue weighted by molar-refractivity contribution is -0.385. The lowest BCUT2D eigenvalue weighted by Gasteiger charge is -2.38. The smallest absolute Gasteiger partial charge is 0.335 e. The fourth-order valence-corrected chi connectivity index (χ4v) is 4.37. The number of hydrogen-bond donors (Lipinski definition) is 0. The summed E-state index contributed by atoms with van der Waals surface area (Å²) in [6.45, 7) is 10.5. The number of nitro benzene ring substituents is 1. The first-order chi connectivity index (χ1) is 13.8. The highest BCUT2D eigenvalue weighted by atomic mass is 16.6. The predicted molar refractivity (Wildman–Crippen MR) is 106 cm³/mol. The molecule has 0 aromatic heterocycles. The molecule has 8 heteroatoms. The Kier molecular flexibility index (Phi) is 4.36. The molecule has 5 rings (SSSR count). The van der Waals surface area contributed by atoms with Crippen LogP contribution in [0, 0.1) is 10.1 Å². The van der Waals surface area contributed by atoms with Gasteiger partial charge in [-0.25, -0.2) is 9.59 Å². The number of nitro groups is 1. The second-order valence-electron chi connectivity index (χ2n) is 9.92. The van der Waals surface area contributed by atoms with Crippen molar-refractivity contribution in [2.75, 3.05) is 0 Å². The van der Waals surface area contributed by atoms with Crippen molar-refractivity contribution in [3.8, 4) is 0 Å². The minimum absolute atomic E-state index is 0.0687. The van der Waals surface area contributed by atoms with Crippen LogP contribution in [-0.4, -0.2) is 40.3 Å². The second-order valence-corrected chi connectivity index (χ2v) is 9.92. The number of epoxide rings is 1. The van der Waals surface area contributed by atoms with E-state index in [-0.39, 0.29) is 29.0 Å². The number of esters is 2. The molecule has 0 radical (unpaired) electrons. The van der Waals surface area contributed by atoms with Gasteiger partial charge in [0.2, 0.25) is 0 Å². The molecule has 1 heterocycles. The van der Waals surface area contributed by atoms with E-state index >= 15 is 0 Å². The maximum Gasteiger partial charge on any atom is 0.335 e. The summed E-state index contributed by atoms with van der Waals surface area (Å²) in [5, 5.41) is 11.3. The van der Waals surface area contributed by atoms with Crippen LogP contribution >= 0.6 is 0 Å². The molecule has 1 fully saturated rings. The quantitative estimate of drug-likeness (QED) is 0.321. The highest BCUT2D eigenvalue weighted by Crippen LogP contribution is 2.62. The minimum atomic E-state index is -0.769. The van der Waals surface area contributed by atoms with Gasteiger partial charge >= 0.3 is 11.9 Å². The monoisotopic (exact) mass is 415 g/mol. The number of hydrogen-bond acceptors (Lipinski definition) is 7. The Hall–Kier alpha value is -2.74. The fourth-order valence-electron chi connectivity index (χ4n) is 4.37. The fraction of sp³-hybridized carbons (Fsp3) is 0.545. The van der Waals surface area contributed by atoms with E-state index in [1.165, 1.54) is 12.1 Å². The van der Waals surface area contributed by atoms with Crippen LogP contribution in [0.5, 0.6) is 0 Å². The van der Waals surface area contributed by atoms with Crippen LogP contribution in [0.2, 0.25) is 0 Å². The van der Waals surface area contributed by atoms with Crippen molar-refractivity contribution < 1.29 is 28.7 Å². The molecule has 1 aromatic carbocycles. The molecule has 0 amide bonds. The van der Waals surface area contributed by atoms with Gasteiger partial charge in [0.05, 0.1) is 28.3 Å². The number of rotatable bonds is 3. The summed E-state index contributed by atoms with van der Waals surface area (Å²) in [7, 11) is 0. The van der Waals surface area contributed by atoms with Crippen LogP contribution in [0.25, 0.3) is 0 Å². The van der Waals surface area contributed by atoms with Gasteiger partial charge in [-0.05, 0) is 52.7 Å². The molecule has 0 N–H and O–H groups in total. The normalized spacial score (nSPS) is 26.6. The van der Waals surface area contributed by atoms with E-state index in [9.17, 15) is 19.7 Å². The second kappa shape index (κ2) is 6.38. The molecule has 2 bridgehead atoms. The van der Waals surface area contributed by atoms with Crippen molar-refractivity contribution in [2.24, 2.45) is 0 Å². The third-order valence-corrected chi connectivity index (χ3v) is 5.32. The zero-order valence-electron chi connectivity index (χ0n) is 17.8. The number of ether oxygens (including phenoxy) is 3. The Labute approximate surface area is 174 Å². The molecule has 0 spiro atoms. The molecule has 3 aliphatic carbocycles. The predicted octanol–water partition coefficient (Wildman–Crippen LogP) is 3.54. The van der Waals surface area contributed by atoms with Crippen molar-refractivity contribution in [2.45, 2.75) is 76.8 Å². The van der Waals surface area contributed by atoms with E-state index in [0.29, 0.717) is 5.56 Å². The topological polar surface area (TPSA) is 108 Å². The summed E-state index contributed by atoms with van der Waals surface area (Å²) >= 11 is 0. The number of benzene rings is 1. The van der Waals surface area contributed by atoms with Crippen LogP contribution in [0.15, 0.2) is 29.3 Å². The summed E-state index contributed by atoms with van der Waals surface area (Å²) in [4.78, 5) is 37.2. The standard InChI is InChI=1S/C22H25NO7/c1-21(2,3)29-19(24)15-13-11-8-7-10(23(26)27)9-12(11)14(18-17(13)28-18)16(15)20(25)30-22(4,5)6/h7-9,13-14,17-18H,1-6H3/t13-,14+,17+,18-/m1/s1. The van der Waals surface area contributed by atoms with E-state index in [1.54, 1.807) is 47.6 Å². The summed E-state index contributed by atoms with van der Waals surface area (Å²) in [6.07, 6.45) is -0.559. The van der Waals surface area contributed by atoms with Crippen molar-refractivity contribution >= 4 is 17.6 Å². The Morgan fingerprint density at radius 2 is 1.37 bits per heavy atom. The van der Waals surface area contributed by atoms with E-state index in [1.807, 2.05) is 0 Å². The van der Waals surface area contributed by atoms with Gasteiger partial charge < -0.3 is 14.2 Å². The van der Waals surface area contributed by atoms with Crippen LogP contribution in [0.4, 0.5) is 5.69 Å².